The summed E-state index contributed by atoms with van der Waals surface area (Å²) >= 11 is 4.00. The molecule has 4 rings (SSSR count). The van der Waals surface area contributed by atoms with Crippen LogP contribution in [-0.2, 0) is 4.74 Å². The second-order valence-electron chi connectivity index (χ2n) is 8.47. The molecule has 4 saturated carbocycles. The lowest BCUT2D eigenvalue weighted by atomic mass is 9.49. The topological polar surface area (TPSA) is 38.3 Å². The van der Waals surface area contributed by atoms with Gasteiger partial charge in [-0.2, -0.15) is 0 Å². The van der Waals surface area contributed by atoms with Gasteiger partial charge < -0.3 is 10.1 Å². The van der Waals surface area contributed by atoms with Crippen molar-refractivity contribution in [2.75, 3.05) is 6.54 Å². The number of rotatable bonds is 2. The first-order valence-electron chi connectivity index (χ1n) is 7.83. The fourth-order valence-corrected chi connectivity index (χ4v) is 6.63. The Morgan fingerprint density at radius 3 is 2.35 bits per heavy atom. The van der Waals surface area contributed by atoms with E-state index in [2.05, 4.69) is 21.2 Å². The summed E-state index contributed by atoms with van der Waals surface area (Å²) < 4.78 is 5.72. The summed E-state index contributed by atoms with van der Waals surface area (Å²) in [5.74, 6) is 1.71. The van der Waals surface area contributed by atoms with E-state index in [-0.39, 0.29) is 6.09 Å². The molecule has 2 atom stereocenters. The van der Waals surface area contributed by atoms with Gasteiger partial charge >= 0.3 is 6.09 Å². The van der Waals surface area contributed by atoms with Crippen LogP contribution in [0.4, 0.5) is 4.79 Å². The Bertz CT molecular complexity index is 401. The number of amides is 1. The molecule has 1 amide bonds. The number of halogens is 1. The maximum atomic E-state index is 11.9. The minimum Gasteiger partial charge on any atom is -0.444 e. The predicted molar refractivity (Wildman–Crippen MR) is 83.0 cm³/mol. The number of hydrogen-bond acceptors (Lipinski definition) is 2. The number of nitrogens with one attached hydrogen (secondary N) is 1. The molecule has 0 aliphatic heterocycles. The molecule has 0 spiro atoms. The van der Waals surface area contributed by atoms with Gasteiger partial charge in [0.1, 0.15) is 5.60 Å². The molecule has 0 saturated heterocycles. The highest BCUT2D eigenvalue weighted by molar-refractivity contribution is 9.10. The highest BCUT2D eigenvalue weighted by Gasteiger charge is 2.56. The van der Waals surface area contributed by atoms with Crippen molar-refractivity contribution in [2.24, 2.45) is 17.3 Å². The third-order valence-corrected chi connectivity index (χ3v) is 6.05. The molecule has 0 aromatic carbocycles. The fraction of sp³-hybridized carbons (Fsp3) is 0.938. The Labute approximate surface area is 130 Å². The van der Waals surface area contributed by atoms with E-state index in [1.807, 2.05) is 20.8 Å². The van der Waals surface area contributed by atoms with Crippen molar-refractivity contribution in [3.05, 3.63) is 0 Å². The number of hydrogen-bond donors (Lipinski definition) is 1. The first-order chi connectivity index (χ1) is 9.17. The van der Waals surface area contributed by atoms with Crippen LogP contribution >= 0.6 is 15.9 Å². The first kappa shape index (κ1) is 14.7. The number of carbonyl (C=O) groups excluding carboxylic acids is 1. The van der Waals surface area contributed by atoms with Gasteiger partial charge in [0.2, 0.25) is 0 Å². The maximum absolute atomic E-state index is 11.9. The molecule has 0 heterocycles. The zero-order valence-electron chi connectivity index (χ0n) is 12.8. The molecule has 4 heteroatoms. The van der Waals surface area contributed by atoms with E-state index < -0.39 is 5.60 Å². The van der Waals surface area contributed by atoms with Crippen LogP contribution in [0.25, 0.3) is 0 Å². The monoisotopic (exact) mass is 343 g/mol. The van der Waals surface area contributed by atoms with Crippen molar-refractivity contribution in [3.8, 4) is 0 Å². The highest BCUT2D eigenvalue weighted by Crippen LogP contribution is 2.64. The third kappa shape index (κ3) is 3.00. The Balaban J connectivity index is 1.61. The molecule has 4 aliphatic carbocycles. The van der Waals surface area contributed by atoms with Gasteiger partial charge in [-0.3, -0.25) is 0 Å². The number of carbonyl (C=O) groups is 1. The SMILES string of the molecule is CC(C)(C)OC(=O)NCC12CC3CC(CC(Br)(C3)C1)C2. The van der Waals surface area contributed by atoms with Gasteiger partial charge in [0, 0.05) is 10.9 Å². The van der Waals surface area contributed by atoms with Crippen LogP contribution in [0.3, 0.4) is 0 Å². The Morgan fingerprint density at radius 2 is 1.85 bits per heavy atom. The van der Waals surface area contributed by atoms with Crippen molar-refractivity contribution in [3.63, 3.8) is 0 Å². The zero-order valence-corrected chi connectivity index (χ0v) is 14.4. The van der Waals surface area contributed by atoms with Gasteiger partial charge in [-0.05, 0) is 76.5 Å². The Kier molecular flexibility index (Phi) is 3.39. The van der Waals surface area contributed by atoms with Crippen LogP contribution in [0.2, 0.25) is 0 Å². The minimum absolute atomic E-state index is 0.267. The molecule has 0 aromatic rings. The van der Waals surface area contributed by atoms with E-state index in [1.54, 1.807) is 0 Å². The van der Waals surface area contributed by atoms with E-state index in [1.165, 1.54) is 38.5 Å². The van der Waals surface area contributed by atoms with Gasteiger partial charge in [0.25, 0.3) is 0 Å². The van der Waals surface area contributed by atoms with Crippen LogP contribution in [-0.4, -0.2) is 22.6 Å². The van der Waals surface area contributed by atoms with Crippen molar-refractivity contribution in [1.82, 2.24) is 5.32 Å². The van der Waals surface area contributed by atoms with Crippen molar-refractivity contribution >= 4 is 22.0 Å². The summed E-state index contributed by atoms with van der Waals surface area (Å²) in [6, 6.07) is 0. The van der Waals surface area contributed by atoms with Crippen LogP contribution in [0.5, 0.6) is 0 Å². The van der Waals surface area contributed by atoms with Gasteiger partial charge in [-0.25, -0.2) is 4.79 Å². The summed E-state index contributed by atoms with van der Waals surface area (Å²) in [6.45, 7) is 6.50. The van der Waals surface area contributed by atoms with Crippen LogP contribution < -0.4 is 5.32 Å². The van der Waals surface area contributed by atoms with Crippen LogP contribution in [0.1, 0.15) is 59.3 Å². The van der Waals surface area contributed by atoms with Gasteiger partial charge in [0.15, 0.2) is 0 Å². The number of alkyl carbamates (subject to hydrolysis) is 1. The average molecular weight is 344 g/mol. The van der Waals surface area contributed by atoms with Crippen molar-refractivity contribution in [2.45, 2.75) is 69.2 Å². The van der Waals surface area contributed by atoms with E-state index in [0.717, 1.165) is 18.4 Å². The molecule has 1 N–H and O–H groups in total. The third-order valence-electron chi connectivity index (χ3n) is 5.12. The van der Waals surface area contributed by atoms with Gasteiger partial charge in [-0.15, -0.1) is 0 Å². The standard InChI is InChI=1S/C16H26BrNO2/c1-14(2,3)20-13(19)18-10-15-5-11-4-12(6-15)8-16(17,7-11)9-15/h11-12H,4-10H2,1-3H3,(H,18,19). The smallest absolute Gasteiger partial charge is 0.407 e. The lowest BCUT2D eigenvalue weighted by molar-refractivity contribution is -0.0353. The molecule has 4 aliphatic rings. The second kappa shape index (κ2) is 4.62. The molecule has 0 radical (unpaired) electrons. The molecule has 2 unspecified atom stereocenters. The molecular weight excluding hydrogens is 318 g/mol. The summed E-state index contributed by atoms with van der Waals surface area (Å²) in [6.07, 6.45) is 7.58. The van der Waals surface area contributed by atoms with Crippen LogP contribution in [0, 0.1) is 17.3 Å². The molecule has 20 heavy (non-hydrogen) atoms. The molecule has 114 valence electrons. The summed E-state index contributed by atoms with van der Waals surface area (Å²) in [4.78, 5) is 11.9. The fourth-order valence-electron chi connectivity index (χ4n) is 5.12. The molecule has 0 aromatic heterocycles. The lowest BCUT2D eigenvalue weighted by Gasteiger charge is -2.60. The van der Waals surface area contributed by atoms with E-state index in [0.29, 0.717) is 9.74 Å². The molecule has 3 nitrogen and oxygen atoms in total. The quantitative estimate of drug-likeness (QED) is 0.761. The molecule has 4 fully saturated rings. The van der Waals surface area contributed by atoms with E-state index in [9.17, 15) is 4.79 Å². The van der Waals surface area contributed by atoms with Crippen molar-refractivity contribution in [1.29, 1.82) is 0 Å². The highest BCUT2D eigenvalue weighted by atomic mass is 79.9. The Morgan fingerprint density at radius 1 is 1.25 bits per heavy atom. The normalized spacial score (nSPS) is 42.6. The summed E-state index contributed by atoms with van der Waals surface area (Å²) in [7, 11) is 0. The number of ether oxygens (including phenoxy) is 1. The van der Waals surface area contributed by atoms with Crippen molar-refractivity contribution < 1.29 is 9.53 Å². The lowest BCUT2D eigenvalue weighted by Crippen LogP contribution is -2.56. The van der Waals surface area contributed by atoms with E-state index in [4.69, 9.17) is 4.74 Å². The van der Waals surface area contributed by atoms with Gasteiger partial charge in [-0.1, -0.05) is 15.9 Å². The largest absolute Gasteiger partial charge is 0.444 e. The van der Waals surface area contributed by atoms with E-state index >= 15 is 0 Å². The zero-order chi connectivity index (χ0) is 14.6. The average Bonchev–Trinajstić information content (AvgIpc) is 2.20. The summed E-state index contributed by atoms with van der Waals surface area (Å²) in [5, 5.41) is 3.03. The minimum atomic E-state index is -0.414. The van der Waals surface area contributed by atoms with Gasteiger partial charge in [0.05, 0.1) is 0 Å². The first-order valence-corrected chi connectivity index (χ1v) is 8.62. The molecule has 4 bridgehead atoms. The molecular formula is C16H26BrNO2. The number of alkyl halides is 1. The Hall–Kier alpha value is -0.250. The second-order valence-corrected chi connectivity index (χ2v) is 10.1. The summed E-state index contributed by atoms with van der Waals surface area (Å²) in [5.41, 5.74) is -0.104. The van der Waals surface area contributed by atoms with Crippen LogP contribution in [0.15, 0.2) is 0 Å². The maximum Gasteiger partial charge on any atom is 0.407 e. The predicted octanol–water partition coefficient (Wildman–Crippen LogP) is 4.25.